The largest absolute Gasteiger partial charge is 0.461 e. The summed E-state index contributed by atoms with van der Waals surface area (Å²) in [4.78, 5) is 25.8. The van der Waals surface area contributed by atoms with Crippen LogP contribution in [0.2, 0.25) is 5.02 Å². The van der Waals surface area contributed by atoms with Crippen LogP contribution in [0.4, 0.5) is 0 Å². The second kappa shape index (κ2) is 6.49. The Balaban J connectivity index is 1.66. The van der Waals surface area contributed by atoms with E-state index in [0.29, 0.717) is 17.0 Å². The van der Waals surface area contributed by atoms with Gasteiger partial charge in [-0.05, 0) is 19.2 Å². The summed E-state index contributed by atoms with van der Waals surface area (Å²) in [6.07, 6.45) is 1.92. The standard InChI is InChI=1S/C17H20ClNO4/c1-10(20)22-16-8-11-7-12(9-15(16)19(11)2)23-17(21)13-5-3-4-6-14(13)18/h3-6,11-12,15-16H,7-9H2,1-2H3/t11-,12-,15+,16-/m1/s1. The molecule has 0 radical (unpaired) electrons. The van der Waals surface area contributed by atoms with Crippen LogP contribution in [0.5, 0.6) is 0 Å². The Kier molecular flexibility index (Phi) is 4.60. The second-order valence-corrected chi connectivity index (χ2v) is 6.66. The molecule has 124 valence electrons. The minimum atomic E-state index is -0.395. The van der Waals surface area contributed by atoms with Crippen LogP contribution in [0.15, 0.2) is 24.3 Å². The molecule has 0 saturated carbocycles. The van der Waals surface area contributed by atoms with Crippen LogP contribution in [0.25, 0.3) is 0 Å². The quantitative estimate of drug-likeness (QED) is 0.794. The summed E-state index contributed by atoms with van der Waals surface area (Å²) in [7, 11) is 2.03. The van der Waals surface area contributed by atoms with Crippen molar-refractivity contribution in [3.05, 3.63) is 34.9 Å². The third-order valence-corrected chi connectivity index (χ3v) is 5.09. The zero-order chi connectivity index (χ0) is 16.6. The minimum absolute atomic E-state index is 0.0988. The van der Waals surface area contributed by atoms with Gasteiger partial charge in [0.15, 0.2) is 0 Å². The number of hydrogen-bond donors (Lipinski definition) is 0. The van der Waals surface area contributed by atoms with E-state index in [0.717, 1.165) is 12.8 Å². The van der Waals surface area contributed by atoms with E-state index in [1.807, 2.05) is 7.05 Å². The summed E-state index contributed by atoms with van der Waals surface area (Å²) in [6.45, 7) is 1.43. The lowest BCUT2D eigenvalue weighted by Gasteiger charge is -2.36. The van der Waals surface area contributed by atoms with Gasteiger partial charge in [0.05, 0.1) is 16.6 Å². The third-order valence-electron chi connectivity index (χ3n) is 4.76. The van der Waals surface area contributed by atoms with E-state index >= 15 is 0 Å². The lowest BCUT2D eigenvalue weighted by molar-refractivity contribution is -0.147. The second-order valence-electron chi connectivity index (χ2n) is 6.25. The van der Waals surface area contributed by atoms with Gasteiger partial charge >= 0.3 is 11.9 Å². The number of esters is 2. The van der Waals surface area contributed by atoms with E-state index in [9.17, 15) is 9.59 Å². The zero-order valence-corrected chi connectivity index (χ0v) is 14.0. The zero-order valence-electron chi connectivity index (χ0n) is 13.2. The smallest absolute Gasteiger partial charge is 0.339 e. The Morgan fingerprint density at radius 2 is 1.91 bits per heavy atom. The number of carbonyl (C=O) groups is 2. The molecular weight excluding hydrogens is 318 g/mol. The highest BCUT2D eigenvalue weighted by Crippen LogP contribution is 2.37. The molecule has 2 heterocycles. The third kappa shape index (κ3) is 3.35. The number of carbonyl (C=O) groups excluding carboxylic acids is 2. The van der Waals surface area contributed by atoms with Gasteiger partial charge in [-0.2, -0.15) is 0 Å². The molecular formula is C17H20ClNO4. The highest BCUT2D eigenvalue weighted by atomic mass is 35.5. The van der Waals surface area contributed by atoms with E-state index in [2.05, 4.69) is 4.90 Å². The number of likely N-dealkylation sites (N-methyl/N-ethyl adjacent to an activating group) is 1. The number of rotatable bonds is 3. The average molecular weight is 338 g/mol. The van der Waals surface area contributed by atoms with Crippen LogP contribution < -0.4 is 0 Å². The van der Waals surface area contributed by atoms with Crippen molar-refractivity contribution >= 4 is 23.5 Å². The van der Waals surface area contributed by atoms with Gasteiger partial charge in [0.2, 0.25) is 0 Å². The van der Waals surface area contributed by atoms with Crippen molar-refractivity contribution in [1.29, 1.82) is 0 Å². The summed E-state index contributed by atoms with van der Waals surface area (Å²) in [5.41, 5.74) is 0.386. The number of ether oxygens (including phenoxy) is 2. The molecule has 0 amide bonds. The first kappa shape index (κ1) is 16.3. The molecule has 0 aliphatic carbocycles. The van der Waals surface area contributed by atoms with Crippen LogP contribution in [-0.4, -0.2) is 48.2 Å². The Hall–Kier alpha value is -1.59. The maximum atomic E-state index is 12.3. The predicted molar refractivity (Wildman–Crippen MR) is 85.4 cm³/mol. The highest BCUT2D eigenvalue weighted by Gasteiger charge is 2.47. The molecule has 2 aliphatic rings. The maximum absolute atomic E-state index is 12.3. The summed E-state index contributed by atoms with van der Waals surface area (Å²) >= 11 is 6.04. The van der Waals surface area contributed by atoms with Gasteiger partial charge in [-0.15, -0.1) is 0 Å². The Morgan fingerprint density at radius 3 is 2.61 bits per heavy atom. The van der Waals surface area contributed by atoms with Gasteiger partial charge in [0.1, 0.15) is 12.2 Å². The number of hydrogen-bond acceptors (Lipinski definition) is 5. The molecule has 23 heavy (non-hydrogen) atoms. The monoisotopic (exact) mass is 337 g/mol. The maximum Gasteiger partial charge on any atom is 0.339 e. The fourth-order valence-electron chi connectivity index (χ4n) is 3.65. The van der Waals surface area contributed by atoms with E-state index in [-0.39, 0.29) is 30.3 Å². The van der Waals surface area contributed by atoms with Crippen molar-refractivity contribution in [2.45, 2.75) is 50.5 Å². The predicted octanol–water partition coefficient (Wildman–Crippen LogP) is 2.66. The van der Waals surface area contributed by atoms with Gasteiger partial charge < -0.3 is 9.47 Å². The fraction of sp³-hybridized carbons (Fsp3) is 0.529. The van der Waals surface area contributed by atoms with Crippen LogP contribution >= 0.6 is 11.6 Å². The molecule has 2 aliphatic heterocycles. The molecule has 5 nitrogen and oxygen atoms in total. The first-order chi connectivity index (χ1) is 11.0. The lowest BCUT2D eigenvalue weighted by Crippen LogP contribution is -2.46. The molecule has 0 aromatic heterocycles. The van der Waals surface area contributed by atoms with Gasteiger partial charge in [0, 0.05) is 32.2 Å². The van der Waals surface area contributed by atoms with Crippen molar-refractivity contribution in [2.24, 2.45) is 0 Å². The molecule has 4 atom stereocenters. The first-order valence-electron chi connectivity index (χ1n) is 7.80. The van der Waals surface area contributed by atoms with E-state index in [4.69, 9.17) is 21.1 Å². The van der Waals surface area contributed by atoms with Gasteiger partial charge in [-0.3, -0.25) is 9.69 Å². The van der Waals surface area contributed by atoms with E-state index < -0.39 is 5.97 Å². The van der Waals surface area contributed by atoms with E-state index in [1.165, 1.54) is 6.92 Å². The van der Waals surface area contributed by atoms with Gasteiger partial charge in [-0.25, -0.2) is 4.79 Å². The van der Waals surface area contributed by atoms with Crippen molar-refractivity contribution in [2.75, 3.05) is 7.05 Å². The lowest BCUT2D eigenvalue weighted by atomic mass is 10.00. The summed E-state index contributed by atoms with van der Waals surface area (Å²) in [5, 5.41) is 0.395. The van der Waals surface area contributed by atoms with E-state index in [1.54, 1.807) is 24.3 Å². The van der Waals surface area contributed by atoms with Crippen LogP contribution in [0.1, 0.15) is 36.5 Å². The fourth-order valence-corrected chi connectivity index (χ4v) is 3.86. The summed E-state index contributed by atoms with van der Waals surface area (Å²) < 4.78 is 11.1. The summed E-state index contributed by atoms with van der Waals surface area (Å²) in [6, 6.07) is 7.24. The van der Waals surface area contributed by atoms with Crippen LogP contribution in [0, 0.1) is 0 Å². The van der Waals surface area contributed by atoms with Crippen LogP contribution in [-0.2, 0) is 14.3 Å². The van der Waals surface area contributed by atoms with Gasteiger partial charge in [-0.1, -0.05) is 23.7 Å². The minimum Gasteiger partial charge on any atom is -0.461 e. The normalized spacial score (nSPS) is 30.0. The van der Waals surface area contributed by atoms with Crippen molar-refractivity contribution in [3.8, 4) is 0 Å². The number of nitrogens with zero attached hydrogens (tertiary/aromatic N) is 1. The highest BCUT2D eigenvalue weighted by molar-refractivity contribution is 6.33. The molecule has 0 N–H and O–H groups in total. The average Bonchev–Trinajstić information content (AvgIpc) is 2.67. The Morgan fingerprint density at radius 1 is 1.17 bits per heavy atom. The SMILES string of the molecule is CC(=O)O[C@@H]1C[C@H]2C[C@@H](OC(=O)c3ccccc3Cl)C[C@@H]1N2C. The van der Waals surface area contributed by atoms with Crippen molar-refractivity contribution in [1.82, 2.24) is 4.90 Å². The molecule has 6 heteroatoms. The first-order valence-corrected chi connectivity index (χ1v) is 8.18. The molecule has 0 spiro atoms. The molecule has 2 bridgehead atoms. The molecule has 0 unspecified atom stereocenters. The topological polar surface area (TPSA) is 55.8 Å². The molecule has 1 aromatic carbocycles. The van der Waals surface area contributed by atoms with Crippen molar-refractivity contribution < 1.29 is 19.1 Å². The van der Waals surface area contributed by atoms with Crippen molar-refractivity contribution in [3.63, 3.8) is 0 Å². The van der Waals surface area contributed by atoms with Gasteiger partial charge in [0.25, 0.3) is 0 Å². The molecule has 1 aromatic rings. The molecule has 3 rings (SSSR count). The number of halogens is 1. The Labute approximate surface area is 140 Å². The van der Waals surface area contributed by atoms with Crippen LogP contribution in [0.3, 0.4) is 0 Å². The number of piperidine rings is 1. The molecule has 2 fully saturated rings. The summed E-state index contributed by atoms with van der Waals surface area (Å²) in [5.74, 6) is -0.658. The Bertz CT molecular complexity index is 620. The number of benzene rings is 1. The number of fused-ring (bicyclic) bond motifs is 2. The molecule has 2 saturated heterocycles.